The van der Waals surface area contributed by atoms with Crippen molar-refractivity contribution >= 4 is 17.1 Å². The normalized spacial score (nSPS) is 15.5. The summed E-state index contributed by atoms with van der Waals surface area (Å²) in [5.41, 5.74) is 1.28. The first-order valence-electron chi connectivity index (χ1n) is 5.98. The van der Waals surface area contributed by atoms with E-state index >= 15 is 0 Å². The van der Waals surface area contributed by atoms with Crippen LogP contribution in [0.2, 0.25) is 0 Å². The molecule has 0 atom stereocenters. The molecule has 3 rings (SSSR count). The molecule has 0 amide bonds. The molecular formula is C15H12N2O2. The molecule has 4 heteroatoms. The van der Waals surface area contributed by atoms with Gasteiger partial charge in [-0.2, -0.15) is 0 Å². The van der Waals surface area contributed by atoms with Gasteiger partial charge >= 0.3 is 0 Å². The SMILES string of the molecule is O=c1[nH]c2ccccc2nc1C=C(O)C1C=CC=C1. The van der Waals surface area contributed by atoms with Gasteiger partial charge in [0.15, 0.2) is 0 Å². The monoisotopic (exact) mass is 252 g/mol. The Morgan fingerprint density at radius 3 is 2.79 bits per heavy atom. The summed E-state index contributed by atoms with van der Waals surface area (Å²) in [6, 6.07) is 7.29. The molecule has 0 spiro atoms. The van der Waals surface area contributed by atoms with Crippen LogP contribution in [0.4, 0.5) is 0 Å². The third-order valence-corrected chi connectivity index (χ3v) is 3.00. The average molecular weight is 252 g/mol. The van der Waals surface area contributed by atoms with Gasteiger partial charge in [-0.05, 0) is 12.1 Å². The van der Waals surface area contributed by atoms with Crippen molar-refractivity contribution in [1.82, 2.24) is 9.97 Å². The van der Waals surface area contributed by atoms with E-state index in [1.165, 1.54) is 6.08 Å². The molecule has 94 valence electrons. The first-order chi connectivity index (χ1) is 9.24. The molecule has 0 saturated carbocycles. The van der Waals surface area contributed by atoms with Crippen molar-refractivity contribution in [2.45, 2.75) is 0 Å². The number of fused-ring (bicyclic) bond motifs is 1. The van der Waals surface area contributed by atoms with E-state index in [-0.39, 0.29) is 22.9 Å². The summed E-state index contributed by atoms with van der Waals surface area (Å²) < 4.78 is 0. The van der Waals surface area contributed by atoms with E-state index in [4.69, 9.17) is 0 Å². The molecule has 4 nitrogen and oxygen atoms in total. The molecular weight excluding hydrogens is 240 g/mol. The summed E-state index contributed by atoms with van der Waals surface area (Å²) in [5.74, 6) is -0.0639. The lowest BCUT2D eigenvalue weighted by Gasteiger charge is -2.04. The topological polar surface area (TPSA) is 66.0 Å². The average Bonchev–Trinajstić information content (AvgIpc) is 2.93. The molecule has 1 aliphatic rings. The lowest BCUT2D eigenvalue weighted by molar-refractivity contribution is 0.383. The van der Waals surface area contributed by atoms with Crippen LogP contribution >= 0.6 is 0 Å². The quantitative estimate of drug-likeness (QED) is 0.807. The van der Waals surface area contributed by atoms with Crippen molar-refractivity contribution < 1.29 is 5.11 Å². The number of rotatable bonds is 2. The third-order valence-electron chi connectivity index (χ3n) is 3.00. The maximum absolute atomic E-state index is 11.9. The minimum atomic E-state index is -0.309. The summed E-state index contributed by atoms with van der Waals surface area (Å²) in [7, 11) is 0. The zero-order chi connectivity index (χ0) is 13.2. The lowest BCUT2D eigenvalue weighted by Crippen LogP contribution is -2.12. The van der Waals surface area contributed by atoms with Gasteiger partial charge in [0.05, 0.1) is 17.0 Å². The maximum Gasteiger partial charge on any atom is 0.274 e. The first kappa shape index (κ1) is 11.5. The molecule has 1 aromatic heterocycles. The molecule has 1 aromatic carbocycles. The Labute approximate surface area is 109 Å². The van der Waals surface area contributed by atoms with E-state index < -0.39 is 0 Å². The Morgan fingerprint density at radius 1 is 1.26 bits per heavy atom. The van der Waals surface area contributed by atoms with Crippen molar-refractivity contribution in [2.24, 2.45) is 5.92 Å². The molecule has 19 heavy (non-hydrogen) atoms. The summed E-state index contributed by atoms with van der Waals surface area (Å²) in [6.07, 6.45) is 8.82. The largest absolute Gasteiger partial charge is 0.511 e. The van der Waals surface area contributed by atoms with Crippen LogP contribution in [0, 0.1) is 5.92 Å². The minimum Gasteiger partial charge on any atom is -0.511 e. The lowest BCUT2D eigenvalue weighted by atomic mass is 10.1. The van der Waals surface area contributed by atoms with Gasteiger partial charge in [0.25, 0.3) is 5.56 Å². The summed E-state index contributed by atoms with van der Waals surface area (Å²) in [5, 5.41) is 9.96. The molecule has 1 heterocycles. The van der Waals surface area contributed by atoms with Crippen LogP contribution in [0.25, 0.3) is 17.1 Å². The fourth-order valence-electron chi connectivity index (χ4n) is 2.01. The second kappa shape index (κ2) is 4.57. The maximum atomic E-state index is 11.9. The molecule has 2 aromatic rings. The van der Waals surface area contributed by atoms with Crippen molar-refractivity contribution in [1.29, 1.82) is 0 Å². The third kappa shape index (κ3) is 2.20. The fourth-order valence-corrected chi connectivity index (χ4v) is 2.01. The van der Waals surface area contributed by atoms with Gasteiger partial charge in [0.1, 0.15) is 11.5 Å². The number of allylic oxidation sites excluding steroid dienone is 3. The predicted octanol–water partition coefficient (Wildman–Crippen LogP) is 2.56. The standard InChI is InChI=1S/C15H12N2O2/c18-14(10-5-1-2-6-10)9-13-15(19)17-12-8-4-3-7-11(12)16-13/h1-10,18H,(H,17,19). The van der Waals surface area contributed by atoms with Crippen LogP contribution in [-0.2, 0) is 0 Å². The Kier molecular flexibility index (Phi) is 2.76. The molecule has 0 bridgehead atoms. The van der Waals surface area contributed by atoms with Crippen LogP contribution in [0.15, 0.2) is 59.1 Å². The second-order valence-corrected chi connectivity index (χ2v) is 4.33. The highest BCUT2D eigenvalue weighted by atomic mass is 16.3. The molecule has 0 saturated heterocycles. The number of nitrogens with zero attached hydrogens (tertiary/aromatic N) is 1. The molecule has 0 fully saturated rings. The zero-order valence-electron chi connectivity index (χ0n) is 10.1. The number of H-pyrrole nitrogens is 1. The van der Waals surface area contributed by atoms with Crippen molar-refractivity contribution in [3.8, 4) is 0 Å². The van der Waals surface area contributed by atoms with Crippen LogP contribution in [0.5, 0.6) is 0 Å². The van der Waals surface area contributed by atoms with E-state index in [9.17, 15) is 9.90 Å². The van der Waals surface area contributed by atoms with Crippen LogP contribution < -0.4 is 5.56 Å². The highest BCUT2D eigenvalue weighted by Gasteiger charge is 2.10. The number of aliphatic hydroxyl groups excluding tert-OH is 1. The van der Waals surface area contributed by atoms with Crippen molar-refractivity contribution in [2.75, 3.05) is 0 Å². The van der Waals surface area contributed by atoms with Gasteiger partial charge in [-0.15, -0.1) is 0 Å². The highest BCUT2D eigenvalue weighted by Crippen LogP contribution is 2.18. The predicted molar refractivity (Wildman–Crippen MR) is 74.7 cm³/mol. The number of hydrogen-bond donors (Lipinski definition) is 2. The van der Waals surface area contributed by atoms with Crippen molar-refractivity contribution in [3.63, 3.8) is 0 Å². The van der Waals surface area contributed by atoms with Crippen molar-refractivity contribution in [3.05, 3.63) is 70.4 Å². The number of aliphatic hydroxyl groups is 1. The Balaban J connectivity index is 2.07. The summed E-state index contributed by atoms with van der Waals surface area (Å²) >= 11 is 0. The molecule has 0 radical (unpaired) electrons. The highest BCUT2D eigenvalue weighted by molar-refractivity contribution is 5.74. The summed E-state index contributed by atoms with van der Waals surface area (Å²) in [6.45, 7) is 0. The number of para-hydroxylation sites is 2. The van der Waals surface area contributed by atoms with Crippen LogP contribution in [0.3, 0.4) is 0 Å². The molecule has 2 N–H and O–H groups in total. The van der Waals surface area contributed by atoms with E-state index in [1.54, 1.807) is 6.07 Å². The van der Waals surface area contributed by atoms with E-state index in [0.717, 1.165) is 0 Å². The van der Waals surface area contributed by atoms with Gasteiger partial charge in [0, 0.05) is 6.08 Å². The minimum absolute atomic E-state index is 0.110. The Morgan fingerprint density at radius 2 is 2.00 bits per heavy atom. The van der Waals surface area contributed by atoms with Crippen LogP contribution in [0.1, 0.15) is 5.69 Å². The summed E-state index contributed by atoms with van der Waals surface area (Å²) in [4.78, 5) is 18.9. The van der Waals surface area contributed by atoms with Gasteiger partial charge in [0.2, 0.25) is 0 Å². The second-order valence-electron chi connectivity index (χ2n) is 4.33. The number of aromatic nitrogens is 2. The number of nitrogens with one attached hydrogen (secondary N) is 1. The van der Waals surface area contributed by atoms with Gasteiger partial charge in [-0.25, -0.2) is 4.98 Å². The molecule has 0 unspecified atom stereocenters. The number of aromatic amines is 1. The van der Waals surface area contributed by atoms with Gasteiger partial charge in [-0.3, -0.25) is 4.79 Å². The first-order valence-corrected chi connectivity index (χ1v) is 5.98. The smallest absolute Gasteiger partial charge is 0.274 e. The fraction of sp³-hybridized carbons (Fsp3) is 0.0667. The zero-order valence-corrected chi connectivity index (χ0v) is 10.1. The number of benzene rings is 1. The Bertz CT molecular complexity index is 757. The number of hydrogen-bond acceptors (Lipinski definition) is 3. The Hall–Kier alpha value is -2.62. The van der Waals surface area contributed by atoms with E-state index in [0.29, 0.717) is 11.0 Å². The van der Waals surface area contributed by atoms with E-state index in [1.807, 2.05) is 42.5 Å². The van der Waals surface area contributed by atoms with Gasteiger partial charge < -0.3 is 10.1 Å². The van der Waals surface area contributed by atoms with Gasteiger partial charge in [-0.1, -0.05) is 36.4 Å². The van der Waals surface area contributed by atoms with E-state index in [2.05, 4.69) is 9.97 Å². The molecule has 1 aliphatic carbocycles. The molecule has 0 aliphatic heterocycles. The van der Waals surface area contributed by atoms with Crippen LogP contribution in [-0.4, -0.2) is 15.1 Å².